The van der Waals surface area contributed by atoms with Gasteiger partial charge in [-0.2, -0.15) is 0 Å². The van der Waals surface area contributed by atoms with Gasteiger partial charge in [-0.25, -0.2) is 0 Å². The number of aromatic nitrogens is 1. The van der Waals surface area contributed by atoms with E-state index in [1.807, 2.05) is 24.3 Å². The van der Waals surface area contributed by atoms with Crippen molar-refractivity contribution in [1.82, 2.24) is 5.16 Å². The maximum Gasteiger partial charge on any atom is 0.191 e. The minimum absolute atomic E-state index is 0.335. The van der Waals surface area contributed by atoms with Gasteiger partial charge in [0.25, 0.3) is 0 Å². The SMILES string of the molecule is CC(C)=CCO[C@H]1C[N+]2(Cc3cc(C4(C)c5ccccc5Oc5ccccc54)no3)CCC1CC2. The zero-order valence-corrected chi connectivity index (χ0v) is 21.0. The Balaban J connectivity index is 1.28. The first-order valence-corrected chi connectivity index (χ1v) is 12.9. The third kappa shape index (κ3) is 3.91. The minimum Gasteiger partial charge on any atom is -0.457 e. The summed E-state index contributed by atoms with van der Waals surface area (Å²) < 4.78 is 19.7. The van der Waals surface area contributed by atoms with E-state index in [0.717, 1.165) is 58.3 Å². The van der Waals surface area contributed by atoms with E-state index in [0.29, 0.717) is 12.0 Å². The number of quaternary nitrogens is 1. The summed E-state index contributed by atoms with van der Waals surface area (Å²) >= 11 is 0. The van der Waals surface area contributed by atoms with Gasteiger partial charge in [-0.15, -0.1) is 0 Å². The van der Waals surface area contributed by atoms with Crippen LogP contribution in [0.25, 0.3) is 0 Å². The topological polar surface area (TPSA) is 44.5 Å². The summed E-state index contributed by atoms with van der Waals surface area (Å²) in [6.07, 6.45) is 4.99. The van der Waals surface area contributed by atoms with E-state index in [2.05, 4.69) is 62.3 Å². The first-order chi connectivity index (χ1) is 17.0. The molecule has 4 aliphatic rings. The molecule has 1 aromatic heterocycles. The number of hydrogen-bond donors (Lipinski definition) is 0. The molecule has 0 spiro atoms. The van der Waals surface area contributed by atoms with Crippen molar-refractivity contribution in [3.8, 4) is 11.5 Å². The van der Waals surface area contributed by atoms with Gasteiger partial charge in [-0.3, -0.25) is 0 Å². The molecule has 182 valence electrons. The van der Waals surface area contributed by atoms with Gasteiger partial charge in [-0.05, 0) is 32.9 Å². The lowest BCUT2D eigenvalue weighted by molar-refractivity contribution is -0.959. The molecule has 1 atom stereocenters. The highest BCUT2D eigenvalue weighted by Crippen LogP contribution is 2.51. The number of hydrogen-bond acceptors (Lipinski definition) is 4. The van der Waals surface area contributed by atoms with Crippen molar-refractivity contribution in [1.29, 1.82) is 0 Å². The number of benzene rings is 2. The highest BCUT2D eigenvalue weighted by molar-refractivity contribution is 5.61. The second kappa shape index (κ2) is 8.65. The quantitative estimate of drug-likeness (QED) is 0.316. The first-order valence-electron chi connectivity index (χ1n) is 12.9. The van der Waals surface area contributed by atoms with E-state index in [1.54, 1.807) is 0 Å². The molecule has 0 saturated carbocycles. The Morgan fingerprint density at radius 1 is 1.06 bits per heavy atom. The number of rotatable bonds is 6. The van der Waals surface area contributed by atoms with Crippen molar-refractivity contribution in [2.45, 2.75) is 51.7 Å². The molecule has 3 aromatic rings. The average Bonchev–Trinajstić information content (AvgIpc) is 3.33. The van der Waals surface area contributed by atoms with Gasteiger partial charge in [0.2, 0.25) is 0 Å². The lowest BCUT2D eigenvalue weighted by atomic mass is 9.71. The van der Waals surface area contributed by atoms with E-state index in [9.17, 15) is 0 Å². The van der Waals surface area contributed by atoms with Crippen LogP contribution in [0, 0.1) is 5.92 Å². The van der Waals surface area contributed by atoms with Crippen LogP contribution in [-0.4, -0.2) is 42.0 Å². The Morgan fingerprint density at radius 2 is 1.71 bits per heavy atom. The van der Waals surface area contributed by atoms with Crippen LogP contribution in [0.5, 0.6) is 11.5 Å². The van der Waals surface area contributed by atoms with Crippen molar-refractivity contribution in [3.63, 3.8) is 0 Å². The molecular formula is C30H35N2O3+. The molecule has 0 radical (unpaired) electrons. The van der Waals surface area contributed by atoms with E-state index in [1.165, 1.54) is 31.5 Å². The predicted octanol–water partition coefficient (Wildman–Crippen LogP) is 6.23. The van der Waals surface area contributed by atoms with Crippen LogP contribution in [0.1, 0.15) is 56.2 Å². The highest BCUT2D eigenvalue weighted by atomic mass is 16.5. The zero-order chi connectivity index (χ0) is 24.0. The lowest BCUT2D eigenvalue weighted by Crippen LogP contribution is -2.63. The number of ether oxygens (including phenoxy) is 2. The smallest absolute Gasteiger partial charge is 0.191 e. The monoisotopic (exact) mass is 471 g/mol. The maximum absolute atomic E-state index is 6.33. The van der Waals surface area contributed by atoms with Crippen LogP contribution >= 0.6 is 0 Å². The van der Waals surface area contributed by atoms with Crippen molar-refractivity contribution >= 4 is 0 Å². The molecule has 5 heteroatoms. The summed E-state index contributed by atoms with van der Waals surface area (Å²) in [6.45, 7) is 11.5. The van der Waals surface area contributed by atoms with Crippen LogP contribution < -0.4 is 4.74 Å². The molecule has 3 saturated heterocycles. The van der Waals surface area contributed by atoms with Gasteiger partial charge in [-0.1, -0.05) is 53.2 Å². The molecule has 0 unspecified atom stereocenters. The Kier molecular flexibility index (Phi) is 5.58. The standard InChI is InChI=1S/C30H35N2O3/c1-21(2)14-17-33-28-20-32(15-12-22(28)13-16-32)19-23-18-29(31-35-23)30(3)24-8-4-6-10-26(24)34-27-11-7-5-9-25(27)30/h4-11,14,18,22,28H,12-13,15-17,19-20H2,1-3H3/q+1/t22?,28-,32?/m0/s1. The van der Waals surface area contributed by atoms with Crippen molar-refractivity contribution in [2.24, 2.45) is 5.92 Å². The van der Waals surface area contributed by atoms with Crippen molar-refractivity contribution in [2.75, 3.05) is 26.2 Å². The molecule has 7 rings (SSSR count). The van der Waals surface area contributed by atoms with Gasteiger partial charge in [0.15, 0.2) is 5.76 Å². The molecule has 4 aliphatic heterocycles. The zero-order valence-electron chi connectivity index (χ0n) is 21.0. The normalized spacial score (nSPS) is 25.9. The number of allylic oxidation sites excluding steroid dienone is 1. The van der Waals surface area contributed by atoms with E-state index < -0.39 is 5.41 Å². The predicted molar refractivity (Wildman–Crippen MR) is 135 cm³/mol. The average molecular weight is 472 g/mol. The molecule has 35 heavy (non-hydrogen) atoms. The van der Waals surface area contributed by atoms with Gasteiger partial charge in [0, 0.05) is 36.0 Å². The Bertz CT molecular complexity index is 1200. The van der Waals surface area contributed by atoms with Gasteiger partial charge >= 0.3 is 0 Å². The summed E-state index contributed by atoms with van der Waals surface area (Å²) in [5.74, 6) is 3.43. The molecule has 3 fully saturated rings. The fourth-order valence-electron chi connectivity index (χ4n) is 6.40. The highest BCUT2D eigenvalue weighted by Gasteiger charge is 2.48. The molecule has 0 N–H and O–H groups in total. The van der Waals surface area contributed by atoms with E-state index >= 15 is 0 Å². The first kappa shape index (κ1) is 22.6. The van der Waals surface area contributed by atoms with Crippen LogP contribution in [0.15, 0.2) is 70.8 Å². The third-order valence-corrected chi connectivity index (χ3v) is 8.48. The molecule has 0 aliphatic carbocycles. The second-order valence-electron chi connectivity index (χ2n) is 11.0. The van der Waals surface area contributed by atoms with E-state index in [4.69, 9.17) is 14.0 Å². The molecular weight excluding hydrogens is 436 g/mol. The van der Waals surface area contributed by atoms with Crippen molar-refractivity contribution in [3.05, 3.63) is 88.8 Å². The van der Waals surface area contributed by atoms with Crippen LogP contribution in [0.2, 0.25) is 0 Å². The summed E-state index contributed by atoms with van der Waals surface area (Å²) in [7, 11) is 0. The summed E-state index contributed by atoms with van der Waals surface area (Å²) in [4.78, 5) is 0. The van der Waals surface area contributed by atoms with Crippen LogP contribution in [0.3, 0.4) is 0 Å². The van der Waals surface area contributed by atoms with Gasteiger partial charge in [0.1, 0.15) is 30.7 Å². The van der Waals surface area contributed by atoms with Crippen molar-refractivity contribution < 1.29 is 18.5 Å². The molecule has 0 amide bonds. The molecule has 2 aromatic carbocycles. The number of piperidine rings is 3. The van der Waals surface area contributed by atoms with Crippen LogP contribution in [-0.2, 0) is 16.7 Å². The van der Waals surface area contributed by atoms with E-state index in [-0.39, 0.29) is 0 Å². The Labute approximate surface area is 207 Å². The Morgan fingerprint density at radius 3 is 2.37 bits per heavy atom. The summed E-state index contributed by atoms with van der Waals surface area (Å²) in [5, 5.41) is 4.66. The number of fused-ring (bicyclic) bond motifs is 5. The van der Waals surface area contributed by atoms with Gasteiger partial charge < -0.3 is 18.5 Å². The summed E-state index contributed by atoms with van der Waals surface area (Å²) in [5.41, 5.74) is 4.07. The third-order valence-electron chi connectivity index (χ3n) is 8.48. The number of para-hydroxylation sites is 2. The fraction of sp³-hybridized carbons (Fsp3) is 0.433. The van der Waals surface area contributed by atoms with Crippen LogP contribution in [0.4, 0.5) is 0 Å². The second-order valence-corrected chi connectivity index (χ2v) is 11.0. The van der Waals surface area contributed by atoms with Gasteiger partial charge in [0.05, 0.1) is 30.8 Å². The number of nitrogens with zero attached hydrogens (tertiary/aromatic N) is 2. The minimum atomic E-state index is -0.432. The Hall–Kier alpha value is -2.89. The molecule has 5 heterocycles. The summed E-state index contributed by atoms with van der Waals surface area (Å²) in [6, 6.07) is 18.7. The lowest BCUT2D eigenvalue weighted by Gasteiger charge is -2.51. The molecule has 2 bridgehead atoms. The maximum atomic E-state index is 6.33. The molecule has 5 nitrogen and oxygen atoms in total. The fourth-order valence-corrected chi connectivity index (χ4v) is 6.40. The largest absolute Gasteiger partial charge is 0.457 e.